The monoisotopic (exact) mass is 279 g/mol. The van der Waals surface area contributed by atoms with Crippen molar-refractivity contribution in [1.29, 1.82) is 0 Å². The van der Waals surface area contributed by atoms with Gasteiger partial charge in [-0.2, -0.15) is 0 Å². The summed E-state index contributed by atoms with van der Waals surface area (Å²) >= 11 is 3.15. The van der Waals surface area contributed by atoms with Gasteiger partial charge >= 0.3 is 0 Å². The topological polar surface area (TPSA) is 42.2 Å². The highest BCUT2D eigenvalue weighted by Gasteiger charge is 2.08. The van der Waals surface area contributed by atoms with Crippen molar-refractivity contribution in [2.75, 3.05) is 0 Å². The molecule has 1 aromatic heterocycles. The van der Waals surface area contributed by atoms with E-state index in [2.05, 4.69) is 21.2 Å². The Bertz CT molecular complexity index is 479. The van der Waals surface area contributed by atoms with Crippen LogP contribution in [0.2, 0.25) is 0 Å². The number of rotatable bonds is 3. The minimum Gasteiger partial charge on any atom is -0.457 e. The lowest BCUT2D eigenvalue weighted by Crippen LogP contribution is -2.22. The molecule has 0 saturated heterocycles. The van der Waals surface area contributed by atoms with Gasteiger partial charge < -0.3 is 9.73 Å². The minimum absolute atomic E-state index is 0.140. The second-order valence-corrected chi connectivity index (χ2v) is 4.09. The fourth-order valence-corrected chi connectivity index (χ4v) is 1.65. The van der Waals surface area contributed by atoms with Crippen molar-refractivity contribution in [2.24, 2.45) is 0 Å². The maximum Gasteiger partial charge on any atom is 0.254 e. The molecule has 1 amide bonds. The van der Waals surface area contributed by atoms with Gasteiger partial charge in [-0.1, -0.05) is 30.3 Å². The summed E-state index contributed by atoms with van der Waals surface area (Å²) in [5, 5.41) is 2.81. The fraction of sp³-hybridized carbons (Fsp3) is 0.0833. The molecular formula is C12H10BrNO2. The van der Waals surface area contributed by atoms with Crippen LogP contribution in [0.4, 0.5) is 0 Å². The van der Waals surface area contributed by atoms with Gasteiger partial charge in [0, 0.05) is 12.6 Å². The summed E-state index contributed by atoms with van der Waals surface area (Å²) in [5.41, 5.74) is 1.58. The molecule has 0 aliphatic heterocycles. The van der Waals surface area contributed by atoms with E-state index in [-0.39, 0.29) is 5.91 Å². The van der Waals surface area contributed by atoms with Gasteiger partial charge in [-0.3, -0.25) is 4.79 Å². The van der Waals surface area contributed by atoms with Gasteiger partial charge in [0.2, 0.25) is 0 Å². The molecule has 1 aromatic carbocycles. The number of nitrogens with one attached hydrogen (secondary N) is 1. The average Bonchev–Trinajstić information content (AvgIpc) is 2.74. The molecule has 1 N–H and O–H groups in total. The Hall–Kier alpha value is -1.55. The van der Waals surface area contributed by atoms with Crippen LogP contribution in [0.1, 0.15) is 15.9 Å². The van der Waals surface area contributed by atoms with E-state index in [1.54, 1.807) is 6.07 Å². The number of hydrogen-bond donors (Lipinski definition) is 1. The molecule has 3 nitrogen and oxygen atoms in total. The lowest BCUT2D eigenvalue weighted by atomic mass is 10.2. The van der Waals surface area contributed by atoms with E-state index in [4.69, 9.17) is 4.42 Å². The predicted molar refractivity (Wildman–Crippen MR) is 64.0 cm³/mol. The zero-order chi connectivity index (χ0) is 11.4. The third kappa shape index (κ3) is 2.73. The summed E-state index contributed by atoms with van der Waals surface area (Å²) in [6, 6.07) is 11.4. The molecule has 0 aliphatic carbocycles. The Kier molecular flexibility index (Phi) is 3.41. The van der Waals surface area contributed by atoms with Crippen molar-refractivity contribution in [3.63, 3.8) is 0 Å². The smallest absolute Gasteiger partial charge is 0.254 e. The molecule has 0 aliphatic rings. The maximum atomic E-state index is 11.6. The van der Waals surface area contributed by atoms with E-state index in [9.17, 15) is 4.79 Å². The van der Waals surface area contributed by atoms with Gasteiger partial charge in [0.15, 0.2) is 4.67 Å². The van der Waals surface area contributed by atoms with Gasteiger partial charge in [0.05, 0.1) is 5.56 Å². The SMILES string of the molecule is O=C(NCc1ccccc1)c1coc(Br)c1. The molecule has 0 atom stereocenters. The molecule has 2 aromatic rings. The van der Waals surface area contributed by atoms with Gasteiger partial charge in [-0.15, -0.1) is 0 Å². The van der Waals surface area contributed by atoms with Gasteiger partial charge in [0.25, 0.3) is 5.91 Å². The Labute approximate surface area is 102 Å². The molecule has 0 spiro atoms. The van der Waals surface area contributed by atoms with Crippen molar-refractivity contribution in [3.8, 4) is 0 Å². The van der Waals surface area contributed by atoms with Crippen LogP contribution in [0, 0.1) is 0 Å². The first-order valence-electron chi connectivity index (χ1n) is 4.82. The maximum absolute atomic E-state index is 11.6. The second-order valence-electron chi connectivity index (χ2n) is 3.31. The summed E-state index contributed by atoms with van der Waals surface area (Å²) in [7, 11) is 0. The molecule has 0 saturated carbocycles. The van der Waals surface area contributed by atoms with Crippen molar-refractivity contribution >= 4 is 21.8 Å². The quantitative estimate of drug-likeness (QED) is 0.939. The fourth-order valence-electron chi connectivity index (χ4n) is 1.31. The molecule has 0 fully saturated rings. The summed E-state index contributed by atoms with van der Waals surface area (Å²) in [4.78, 5) is 11.6. The van der Waals surface area contributed by atoms with Crippen LogP contribution in [0.3, 0.4) is 0 Å². The predicted octanol–water partition coefficient (Wildman–Crippen LogP) is 2.97. The van der Waals surface area contributed by atoms with Crippen molar-refractivity contribution < 1.29 is 9.21 Å². The van der Waals surface area contributed by atoms with E-state index >= 15 is 0 Å². The number of carbonyl (C=O) groups is 1. The van der Waals surface area contributed by atoms with Crippen LogP contribution in [-0.4, -0.2) is 5.91 Å². The Morgan fingerprint density at radius 1 is 1.31 bits per heavy atom. The van der Waals surface area contributed by atoms with Crippen LogP contribution in [0.5, 0.6) is 0 Å². The Balaban J connectivity index is 1.94. The molecular weight excluding hydrogens is 270 g/mol. The molecule has 2 rings (SSSR count). The average molecular weight is 280 g/mol. The Morgan fingerprint density at radius 2 is 2.06 bits per heavy atom. The highest BCUT2D eigenvalue weighted by Crippen LogP contribution is 2.13. The number of amides is 1. The van der Waals surface area contributed by atoms with E-state index < -0.39 is 0 Å². The van der Waals surface area contributed by atoms with Crippen molar-refractivity contribution in [1.82, 2.24) is 5.32 Å². The molecule has 1 heterocycles. The van der Waals surface area contributed by atoms with Crippen LogP contribution < -0.4 is 5.32 Å². The number of benzene rings is 1. The first kappa shape index (κ1) is 11.0. The zero-order valence-electron chi connectivity index (χ0n) is 8.44. The summed E-state index contributed by atoms with van der Waals surface area (Å²) in [6.45, 7) is 0.516. The second kappa shape index (κ2) is 4.99. The number of hydrogen-bond acceptors (Lipinski definition) is 2. The molecule has 0 bridgehead atoms. The van der Waals surface area contributed by atoms with Gasteiger partial charge in [0.1, 0.15) is 6.26 Å². The van der Waals surface area contributed by atoms with Crippen LogP contribution in [-0.2, 0) is 6.54 Å². The number of furan rings is 1. The molecule has 0 unspecified atom stereocenters. The standard InChI is InChI=1S/C12H10BrNO2/c13-11-6-10(8-16-11)12(15)14-7-9-4-2-1-3-5-9/h1-6,8H,7H2,(H,14,15). The molecule has 4 heteroatoms. The van der Waals surface area contributed by atoms with E-state index in [1.165, 1.54) is 6.26 Å². The lowest BCUT2D eigenvalue weighted by molar-refractivity contribution is 0.0950. The normalized spacial score (nSPS) is 10.1. The van der Waals surface area contributed by atoms with Crippen molar-refractivity contribution in [2.45, 2.75) is 6.54 Å². The number of carbonyl (C=O) groups excluding carboxylic acids is 1. The molecule has 0 radical (unpaired) electrons. The van der Waals surface area contributed by atoms with E-state index in [0.717, 1.165) is 5.56 Å². The lowest BCUT2D eigenvalue weighted by Gasteiger charge is -2.02. The highest BCUT2D eigenvalue weighted by atomic mass is 79.9. The van der Waals surface area contributed by atoms with Crippen molar-refractivity contribution in [3.05, 3.63) is 58.5 Å². The summed E-state index contributed by atoms with van der Waals surface area (Å²) < 4.78 is 5.55. The third-order valence-electron chi connectivity index (χ3n) is 2.13. The summed E-state index contributed by atoms with van der Waals surface area (Å²) in [6.07, 6.45) is 1.42. The first-order valence-corrected chi connectivity index (χ1v) is 5.61. The number of halogens is 1. The zero-order valence-corrected chi connectivity index (χ0v) is 10.0. The molecule has 16 heavy (non-hydrogen) atoms. The summed E-state index contributed by atoms with van der Waals surface area (Å²) in [5.74, 6) is -0.140. The van der Waals surface area contributed by atoms with Gasteiger partial charge in [-0.05, 0) is 21.5 Å². The van der Waals surface area contributed by atoms with Gasteiger partial charge in [-0.25, -0.2) is 0 Å². The third-order valence-corrected chi connectivity index (χ3v) is 2.54. The van der Waals surface area contributed by atoms with Crippen LogP contribution in [0.25, 0.3) is 0 Å². The first-order chi connectivity index (χ1) is 7.75. The molecule has 82 valence electrons. The highest BCUT2D eigenvalue weighted by molar-refractivity contribution is 9.10. The van der Waals surface area contributed by atoms with Crippen LogP contribution in [0.15, 0.2) is 51.7 Å². The Morgan fingerprint density at radius 3 is 2.69 bits per heavy atom. The van der Waals surface area contributed by atoms with E-state index in [1.807, 2.05) is 30.3 Å². The van der Waals surface area contributed by atoms with E-state index in [0.29, 0.717) is 16.8 Å². The largest absolute Gasteiger partial charge is 0.457 e. The minimum atomic E-state index is -0.140. The van der Waals surface area contributed by atoms with Crippen LogP contribution >= 0.6 is 15.9 Å².